The van der Waals surface area contributed by atoms with Crippen LogP contribution < -0.4 is 5.32 Å². The van der Waals surface area contributed by atoms with Gasteiger partial charge in [-0.2, -0.15) is 18.4 Å². The van der Waals surface area contributed by atoms with Gasteiger partial charge in [-0.3, -0.25) is 9.12 Å². The van der Waals surface area contributed by atoms with Gasteiger partial charge in [0.15, 0.2) is 23.2 Å². The van der Waals surface area contributed by atoms with Gasteiger partial charge in [0.1, 0.15) is 12.2 Å². The number of nitrogens with zero attached hydrogens (tertiary/aromatic N) is 4. The zero-order valence-electron chi connectivity index (χ0n) is 20.3. The van der Waals surface area contributed by atoms with E-state index >= 15 is 0 Å². The first-order valence-corrected chi connectivity index (χ1v) is 14.4. The molecule has 4 aliphatic carbocycles. The average molecular weight is 542 g/mol. The number of rotatable bonds is 6. The van der Waals surface area contributed by atoms with Crippen LogP contribution in [0.2, 0.25) is 5.28 Å². The maximum atomic E-state index is 11.1. The molecule has 0 radical (unpaired) electrons. The van der Waals surface area contributed by atoms with E-state index < -0.39 is 40.4 Å². The van der Waals surface area contributed by atoms with Crippen LogP contribution in [0.4, 0.5) is 5.82 Å². The van der Waals surface area contributed by atoms with E-state index in [4.69, 9.17) is 20.9 Å². The number of fused-ring (bicyclic) bond motifs is 1. The van der Waals surface area contributed by atoms with Gasteiger partial charge in [0.2, 0.25) is 5.28 Å². The Hall–Kier alpha value is -1.57. The first-order chi connectivity index (χ1) is 16.8. The van der Waals surface area contributed by atoms with Crippen LogP contribution >= 0.6 is 11.6 Å². The first kappa shape index (κ1) is 24.7. The summed E-state index contributed by atoms with van der Waals surface area (Å²) >= 11 is 6.34. The lowest BCUT2D eigenvalue weighted by atomic mass is 9.43. The van der Waals surface area contributed by atoms with Gasteiger partial charge in [0.05, 0.1) is 18.2 Å². The van der Waals surface area contributed by atoms with Crippen LogP contribution in [-0.4, -0.2) is 72.3 Å². The van der Waals surface area contributed by atoms with Crippen LogP contribution in [0.1, 0.15) is 65.0 Å². The lowest BCUT2D eigenvalue weighted by Gasteiger charge is -2.65. The minimum absolute atomic E-state index is 0.0184. The molecule has 4 unspecified atom stereocenters. The highest BCUT2D eigenvalue weighted by Gasteiger charge is 2.60. The summed E-state index contributed by atoms with van der Waals surface area (Å²) < 4.78 is 38.6. The fourth-order valence-corrected chi connectivity index (χ4v) is 9.16. The number of hydrogen-bond donors (Lipinski definition) is 4. The van der Waals surface area contributed by atoms with Gasteiger partial charge in [0.25, 0.3) is 10.1 Å². The summed E-state index contributed by atoms with van der Waals surface area (Å²) in [5.41, 5.74) is 1.32. The van der Waals surface area contributed by atoms with Crippen LogP contribution in [-0.2, 0) is 14.9 Å². The highest BCUT2D eigenvalue weighted by atomic mass is 35.5. The number of aliphatic hydroxyl groups is 2. The third-order valence-corrected chi connectivity index (χ3v) is 9.60. The Labute approximate surface area is 214 Å². The smallest absolute Gasteiger partial charge is 0.264 e. The van der Waals surface area contributed by atoms with Crippen LogP contribution in [0, 0.1) is 16.7 Å². The molecule has 4 bridgehead atoms. The third kappa shape index (κ3) is 4.19. The van der Waals surface area contributed by atoms with E-state index in [1.165, 1.54) is 30.2 Å². The highest BCUT2D eigenvalue weighted by molar-refractivity contribution is 7.85. The molecule has 0 amide bonds. The van der Waals surface area contributed by atoms with Gasteiger partial charge in [-0.25, -0.2) is 4.98 Å². The van der Waals surface area contributed by atoms with Crippen LogP contribution in [0.15, 0.2) is 6.33 Å². The molecule has 2 aromatic rings. The molecule has 11 nitrogen and oxygen atoms in total. The lowest BCUT2D eigenvalue weighted by molar-refractivity contribution is -0.0973. The van der Waals surface area contributed by atoms with Crippen molar-refractivity contribution >= 4 is 38.7 Å². The quantitative estimate of drug-likeness (QED) is 0.316. The van der Waals surface area contributed by atoms with Gasteiger partial charge < -0.3 is 20.3 Å². The number of aromatic nitrogens is 4. The van der Waals surface area contributed by atoms with Crippen molar-refractivity contribution in [3.05, 3.63) is 11.6 Å². The molecule has 36 heavy (non-hydrogen) atoms. The predicted molar refractivity (Wildman–Crippen MR) is 131 cm³/mol. The fourth-order valence-electron chi connectivity index (χ4n) is 8.46. The molecule has 2 aromatic heterocycles. The van der Waals surface area contributed by atoms with Crippen LogP contribution in [0.3, 0.4) is 0 Å². The Kier molecular flexibility index (Phi) is 5.48. The summed E-state index contributed by atoms with van der Waals surface area (Å²) in [4.78, 5) is 13.3. The molecule has 5 fully saturated rings. The fraction of sp³-hybridized carbons (Fsp3) is 0.783. The van der Waals surface area contributed by atoms with Crippen molar-refractivity contribution in [2.24, 2.45) is 16.7 Å². The highest BCUT2D eigenvalue weighted by Crippen LogP contribution is 2.66. The SMILES string of the molecule is C[C@]12C[C@@H]3C[C@](C)(C1)C[C@@](Nc1nc(Cl)nc4c1ncn4C1OC(CCS(=O)(=O)O)C(O)C1O)(C3)C2. The van der Waals surface area contributed by atoms with Crippen molar-refractivity contribution in [2.75, 3.05) is 11.1 Å². The van der Waals surface area contributed by atoms with E-state index in [-0.39, 0.29) is 17.2 Å². The zero-order chi connectivity index (χ0) is 25.7. The van der Waals surface area contributed by atoms with Crippen molar-refractivity contribution < 1.29 is 27.9 Å². The zero-order valence-corrected chi connectivity index (χ0v) is 21.8. The number of imidazole rings is 1. The lowest BCUT2D eigenvalue weighted by Crippen LogP contribution is -2.61. The molecule has 7 rings (SSSR count). The van der Waals surface area contributed by atoms with Crippen LogP contribution in [0.25, 0.3) is 11.2 Å². The van der Waals surface area contributed by atoms with Crippen LogP contribution in [0.5, 0.6) is 0 Å². The first-order valence-electron chi connectivity index (χ1n) is 12.4. The monoisotopic (exact) mass is 541 g/mol. The molecular weight excluding hydrogens is 510 g/mol. The number of halogens is 1. The van der Waals surface area contributed by atoms with E-state index in [0.717, 1.165) is 19.3 Å². The van der Waals surface area contributed by atoms with E-state index in [2.05, 4.69) is 34.1 Å². The summed E-state index contributed by atoms with van der Waals surface area (Å²) in [6.45, 7) is 4.79. The second-order valence-electron chi connectivity index (χ2n) is 12.3. The van der Waals surface area contributed by atoms with Gasteiger partial charge >= 0.3 is 0 Å². The van der Waals surface area contributed by atoms with Crippen molar-refractivity contribution in [1.82, 2.24) is 19.5 Å². The minimum atomic E-state index is -4.24. The Balaban J connectivity index is 1.31. The maximum absolute atomic E-state index is 11.1. The van der Waals surface area contributed by atoms with Gasteiger partial charge in [0, 0.05) is 5.54 Å². The normalized spacial score (nSPS) is 41.9. The van der Waals surface area contributed by atoms with Crippen molar-refractivity contribution in [3.8, 4) is 0 Å². The summed E-state index contributed by atoms with van der Waals surface area (Å²) in [7, 11) is -4.24. The molecule has 8 atom stereocenters. The molecule has 1 aliphatic heterocycles. The van der Waals surface area contributed by atoms with Crippen molar-refractivity contribution in [2.45, 2.75) is 88.9 Å². The standard InChI is InChI=1S/C23H32ClN5O6S/c1-21-5-12-6-22(2,8-21)10-23(7-12,9-21)28-17-14-18(27-20(24)26-17)29(11-25-14)19-16(31)15(30)13(35-19)3-4-36(32,33)34/h11-13,15-16,19,30-31H,3-10H2,1-2H3,(H,26,27,28)(H,32,33,34)/t12-,13?,15?,16?,19?,21+,22-,23-. The largest absolute Gasteiger partial charge is 0.388 e. The molecule has 4 N–H and O–H groups in total. The Morgan fingerprint density at radius 2 is 1.83 bits per heavy atom. The van der Waals surface area contributed by atoms with E-state index in [0.29, 0.717) is 33.7 Å². The number of anilines is 1. The number of ether oxygens (including phenoxy) is 1. The molecule has 5 aliphatic rings. The summed E-state index contributed by atoms with van der Waals surface area (Å²) in [5, 5.41) is 24.9. The molecule has 0 spiro atoms. The second-order valence-corrected chi connectivity index (χ2v) is 14.2. The average Bonchev–Trinajstić information content (AvgIpc) is 3.24. The molecule has 4 saturated carbocycles. The Bertz CT molecular complexity index is 1300. The van der Waals surface area contributed by atoms with Gasteiger partial charge in [-0.15, -0.1) is 0 Å². The molecular formula is C23H32ClN5O6S. The second kappa shape index (κ2) is 7.97. The Morgan fingerprint density at radius 1 is 1.14 bits per heavy atom. The summed E-state index contributed by atoms with van der Waals surface area (Å²) in [6.07, 6.45) is 3.47. The molecule has 13 heteroatoms. The van der Waals surface area contributed by atoms with E-state index in [1.54, 1.807) is 0 Å². The summed E-state index contributed by atoms with van der Waals surface area (Å²) in [6, 6.07) is 0. The predicted octanol–water partition coefficient (Wildman–Crippen LogP) is 2.54. The molecule has 198 valence electrons. The van der Waals surface area contributed by atoms with E-state index in [9.17, 15) is 18.6 Å². The van der Waals surface area contributed by atoms with Crippen molar-refractivity contribution in [1.29, 1.82) is 0 Å². The Morgan fingerprint density at radius 3 is 2.47 bits per heavy atom. The van der Waals surface area contributed by atoms with Gasteiger partial charge in [-0.05, 0) is 73.3 Å². The molecule has 3 heterocycles. The maximum Gasteiger partial charge on any atom is 0.264 e. The molecule has 1 saturated heterocycles. The summed E-state index contributed by atoms with van der Waals surface area (Å²) in [5.74, 6) is 0.619. The number of aliphatic hydroxyl groups excluding tert-OH is 2. The molecule has 0 aromatic carbocycles. The number of nitrogens with one attached hydrogen (secondary N) is 1. The van der Waals surface area contributed by atoms with Crippen molar-refractivity contribution in [3.63, 3.8) is 0 Å². The number of hydrogen-bond acceptors (Lipinski definition) is 9. The topological polar surface area (TPSA) is 160 Å². The van der Waals surface area contributed by atoms with Gasteiger partial charge in [-0.1, -0.05) is 13.8 Å². The minimum Gasteiger partial charge on any atom is -0.388 e. The van der Waals surface area contributed by atoms with E-state index in [1.807, 2.05) is 0 Å². The third-order valence-electron chi connectivity index (χ3n) is 8.68.